The molecule has 0 unspecified atom stereocenters. The molecule has 0 aromatic heterocycles. The van der Waals surface area contributed by atoms with Crippen molar-refractivity contribution in [1.29, 1.82) is 0 Å². The van der Waals surface area contributed by atoms with Gasteiger partial charge in [0.25, 0.3) is 11.8 Å². The summed E-state index contributed by atoms with van der Waals surface area (Å²) in [6.45, 7) is 6.71. The zero-order valence-corrected chi connectivity index (χ0v) is 24.8. The van der Waals surface area contributed by atoms with E-state index in [0.717, 1.165) is 6.42 Å². The molecule has 5 rings (SSSR count). The summed E-state index contributed by atoms with van der Waals surface area (Å²) < 4.78 is 22.8. The molecule has 2 saturated heterocycles. The second kappa shape index (κ2) is 10.9. The Balaban J connectivity index is 1.60. The quantitative estimate of drug-likeness (QED) is 0.337. The fourth-order valence-electron chi connectivity index (χ4n) is 6.97. The Labute approximate surface area is 240 Å². The van der Waals surface area contributed by atoms with Crippen LogP contribution in [0.25, 0.3) is 0 Å². The van der Waals surface area contributed by atoms with Crippen molar-refractivity contribution in [2.24, 2.45) is 5.92 Å². The van der Waals surface area contributed by atoms with Crippen LogP contribution in [-0.4, -0.2) is 72.6 Å². The van der Waals surface area contributed by atoms with E-state index in [1.807, 2.05) is 25.1 Å². The number of carbonyl (C=O) groups is 3. The van der Waals surface area contributed by atoms with Crippen LogP contribution < -0.4 is 10.2 Å². The predicted molar refractivity (Wildman–Crippen MR) is 155 cm³/mol. The summed E-state index contributed by atoms with van der Waals surface area (Å²) in [4.78, 5) is 43.5. The van der Waals surface area contributed by atoms with E-state index in [2.05, 4.69) is 5.32 Å². The number of anilines is 3. The molecule has 0 saturated carbocycles. The minimum atomic E-state index is -3.50. The van der Waals surface area contributed by atoms with Crippen molar-refractivity contribution in [3.63, 3.8) is 0 Å². The fraction of sp³-hybridized carbons (Fsp3) is 0.500. The van der Waals surface area contributed by atoms with Crippen LogP contribution in [0.4, 0.5) is 21.2 Å². The second-order valence-electron chi connectivity index (χ2n) is 11.9. The Morgan fingerprint density at radius 1 is 1.22 bits per heavy atom. The van der Waals surface area contributed by atoms with Crippen LogP contribution in [0.5, 0.6) is 0 Å². The van der Waals surface area contributed by atoms with Gasteiger partial charge in [-0.3, -0.25) is 19.3 Å². The molecule has 220 valence electrons. The topological polar surface area (TPSA) is 119 Å². The fourth-order valence-corrected chi connectivity index (χ4v) is 9.47. The molecule has 9 nitrogen and oxygen atoms in total. The number of benzene rings is 2. The van der Waals surface area contributed by atoms with Crippen molar-refractivity contribution in [3.8, 4) is 0 Å². The van der Waals surface area contributed by atoms with Gasteiger partial charge in [0.05, 0.1) is 30.9 Å². The Hall–Kier alpha value is -3.12. The van der Waals surface area contributed by atoms with Crippen molar-refractivity contribution >= 4 is 43.2 Å². The summed E-state index contributed by atoms with van der Waals surface area (Å²) in [5.74, 6) is -1.83. The molecule has 3 aliphatic heterocycles. The van der Waals surface area contributed by atoms with Gasteiger partial charge in [-0.2, -0.15) is 0 Å². The lowest BCUT2D eigenvalue weighted by atomic mass is 9.82. The number of nitrogens with one attached hydrogen (secondary N) is 1. The van der Waals surface area contributed by atoms with Crippen LogP contribution in [0.3, 0.4) is 0 Å². The van der Waals surface area contributed by atoms with E-state index in [9.17, 15) is 24.6 Å². The van der Waals surface area contributed by atoms with Gasteiger partial charge < -0.3 is 29.3 Å². The number of hydrogen-bond acceptors (Lipinski definition) is 6. The largest absolute Gasteiger partial charge is 0.394 e. The SMILES string of the molecule is C[C@H](O)C(=O)Nc1ccc2c(c1)[C@@]1(O[C@H](CC(=O)N3CCC[C@H]3CO)[C@@H]([Si](C)(C)F)[C@@H]1C)C(=O)N2c1ccccc1. The summed E-state index contributed by atoms with van der Waals surface area (Å²) in [5, 5.41) is 22.2. The Morgan fingerprint density at radius 2 is 1.93 bits per heavy atom. The summed E-state index contributed by atoms with van der Waals surface area (Å²) >= 11 is 0. The van der Waals surface area contributed by atoms with Gasteiger partial charge in [0, 0.05) is 34.9 Å². The number of amides is 3. The number of hydrogen-bond donors (Lipinski definition) is 3. The minimum Gasteiger partial charge on any atom is -0.394 e. The normalized spacial score (nSPS) is 28.3. The number of halogens is 1. The lowest BCUT2D eigenvalue weighted by molar-refractivity contribution is -0.149. The minimum absolute atomic E-state index is 0.0972. The number of fused-ring (bicyclic) bond motifs is 2. The van der Waals surface area contributed by atoms with Crippen molar-refractivity contribution in [1.82, 2.24) is 4.90 Å². The molecule has 3 amide bonds. The Bertz CT molecular complexity index is 1340. The second-order valence-corrected chi connectivity index (χ2v) is 15.7. The highest BCUT2D eigenvalue weighted by Gasteiger charge is 2.67. The summed E-state index contributed by atoms with van der Waals surface area (Å²) in [5.41, 5.74) is -0.262. The first kappa shape index (κ1) is 29.4. The first-order valence-electron chi connectivity index (χ1n) is 14.2. The molecule has 1 spiro atoms. The molecule has 6 atom stereocenters. The van der Waals surface area contributed by atoms with Crippen LogP contribution in [0.2, 0.25) is 18.6 Å². The Kier molecular flexibility index (Phi) is 7.84. The maximum atomic E-state index is 16.1. The van der Waals surface area contributed by atoms with Gasteiger partial charge in [0.15, 0.2) is 5.60 Å². The van der Waals surface area contributed by atoms with Gasteiger partial charge in [0.1, 0.15) is 6.10 Å². The van der Waals surface area contributed by atoms with E-state index >= 15 is 4.11 Å². The molecule has 0 radical (unpaired) electrons. The molecular formula is C30H38FN3O6Si. The highest BCUT2D eigenvalue weighted by molar-refractivity contribution is 6.72. The zero-order valence-electron chi connectivity index (χ0n) is 23.8. The summed E-state index contributed by atoms with van der Waals surface area (Å²) in [6, 6.07) is 13.8. The van der Waals surface area contributed by atoms with Crippen LogP contribution in [0.1, 0.15) is 38.7 Å². The molecule has 2 fully saturated rings. The maximum absolute atomic E-state index is 16.1. The van der Waals surface area contributed by atoms with Gasteiger partial charge >= 0.3 is 0 Å². The number of aliphatic hydroxyl groups excluding tert-OH is 2. The third-order valence-electron chi connectivity index (χ3n) is 8.81. The monoisotopic (exact) mass is 583 g/mol. The van der Waals surface area contributed by atoms with E-state index in [0.29, 0.717) is 35.6 Å². The molecule has 3 heterocycles. The lowest BCUT2D eigenvalue weighted by Gasteiger charge is -2.31. The van der Waals surface area contributed by atoms with E-state index in [1.54, 1.807) is 53.2 Å². The average molecular weight is 584 g/mol. The molecule has 41 heavy (non-hydrogen) atoms. The third kappa shape index (κ3) is 4.98. The summed E-state index contributed by atoms with van der Waals surface area (Å²) in [6.07, 6.45) is -0.700. The number of rotatable bonds is 7. The van der Waals surface area contributed by atoms with Gasteiger partial charge in [-0.05, 0) is 63.2 Å². The average Bonchev–Trinajstić information content (AvgIpc) is 3.58. The van der Waals surface area contributed by atoms with Crippen LogP contribution in [-0.2, 0) is 24.7 Å². The third-order valence-corrected chi connectivity index (χ3v) is 11.3. The lowest BCUT2D eigenvalue weighted by Crippen LogP contribution is -2.44. The van der Waals surface area contributed by atoms with Crippen LogP contribution in [0, 0.1) is 5.92 Å². The molecule has 0 aliphatic carbocycles. The zero-order chi connectivity index (χ0) is 29.7. The van der Waals surface area contributed by atoms with Crippen molar-refractivity contribution in [2.45, 2.75) is 75.6 Å². The maximum Gasteiger partial charge on any atom is 0.268 e. The van der Waals surface area contributed by atoms with Crippen LogP contribution in [0.15, 0.2) is 48.5 Å². The molecular weight excluding hydrogens is 545 g/mol. The van der Waals surface area contributed by atoms with Gasteiger partial charge in [0.2, 0.25) is 14.3 Å². The molecule has 2 aromatic carbocycles. The van der Waals surface area contributed by atoms with Crippen molar-refractivity contribution in [2.75, 3.05) is 23.4 Å². The van der Waals surface area contributed by atoms with E-state index in [4.69, 9.17) is 4.74 Å². The van der Waals surface area contributed by atoms with Gasteiger partial charge in [-0.1, -0.05) is 25.1 Å². The predicted octanol–water partition coefficient (Wildman–Crippen LogP) is 3.83. The number of para-hydroxylation sites is 1. The highest BCUT2D eigenvalue weighted by atomic mass is 28.4. The van der Waals surface area contributed by atoms with Gasteiger partial charge in [-0.25, -0.2) is 0 Å². The Morgan fingerprint density at radius 3 is 2.56 bits per heavy atom. The highest BCUT2D eigenvalue weighted by Crippen LogP contribution is 2.61. The van der Waals surface area contributed by atoms with Crippen LogP contribution >= 0.6 is 0 Å². The van der Waals surface area contributed by atoms with E-state index in [1.165, 1.54) is 6.92 Å². The molecule has 11 heteroatoms. The molecule has 3 aliphatic rings. The smallest absolute Gasteiger partial charge is 0.268 e. The number of nitrogens with zero attached hydrogens (tertiary/aromatic N) is 2. The van der Waals surface area contributed by atoms with E-state index in [-0.39, 0.29) is 30.9 Å². The molecule has 0 bridgehead atoms. The molecule has 2 aromatic rings. The van der Waals surface area contributed by atoms with Gasteiger partial charge in [-0.15, -0.1) is 0 Å². The number of ether oxygens (including phenoxy) is 1. The first-order chi connectivity index (χ1) is 19.4. The number of likely N-dealkylation sites (tertiary alicyclic amines) is 1. The standard InChI is InChI=1S/C30H38FN3O6Si/c1-18-27(41(3,4)31)25(16-26(37)33-14-8-11-22(33)17-35)40-30(18)23-15-20(32-28(38)19(2)36)12-13-24(23)34(29(30)39)21-9-6-5-7-10-21/h5-7,9-10,12-13,15,18-19,22,25,27,35-36H,8,11,14,16-17H2,1-4H3,(H,32,38)/t18-,19-,22-,25+,27-,30+/m0/s1. The van der Waals surface area contributed by atoms with E-state index < -0.39 is 43.6 Å². The number of aliphatic hydroxyl groups is 2. The van der Waals surface area contributed by atoms with Crippen molar-refractivity contribution < 1.29 is 33.4 Å². The number of carbonyl (C=O) groups excluding carboxylic acids is 3. The molecule has 3 N–H and O–H groups in total. The summed E-state index contributed by atoms with van der Waals surface area (Å²) in [7, 11) is -3.50. The first-order valence-corrected chi connectivity index (χ1v) is 17.2. The van der Waals surface area contributed by atoms with Crippen molar-refractivity contribution in [3.05, 3.63) is 54.1 Å².